The van der Waals surface area contributed by atoms with Gasteiger partial charge in [0.05, 0.1) is 0 Å². The van der Waals surface area contributed by atoms with Crippen molar-refractivity contribution in [2.24, 2.45) is 0 Å². The van der Waals surface area contributed by atoms with Crippen molar-refractivity contribution in [3.63, 3.8) is 0 Å². The molecule has 0 radical (unpaired) electrons. The third-order valence-corrected chi connectivity index (χ3v) is 3.67. The highest BCUT2D eigenvalue weighted by Gasteiger charge is 2.21. The summed E-state index contributed by atoms with van der Waals surface area (Å²) < 4.78 is 13.1. The minimum atomic E-state index is -0.319. The molecule has 0 fully saturated rings. The number of nitrogens with zero attached hydrogens (tertiary/aromatic N) is 1. The van der Waals surface area contributed by atoms with Gasteiger partial charge in [-0.15, -0.1) is 0 Å². The summed E-state index contributed by atoms with van der Waals surface area (Å²) in [6.45, 7) is 2.11. The lowest BCUT2D eigenvalue weighted by atomic mass is 9.89. The van der Waals surface area contributed by atoms with Crippen molar-refractivity contribution in [3.05, 3.63) is 64.7 Å². The molecule has 0 aliphatic rings. The van der Waals surface area contributed by atoms with Crippen LogP contribution in [0.1, 0.15) is 30.0 Å². The lowest BCUT2D eigenvalue weighted by molar-refractivity contribution is 0.506. The van der Waals surface area contributed by atoms with Gasteiger partial charge in [0, 0.05) is 29.4 Å². The van der Waals surface area contributed by atoms with Crippen LogP contribution in [0.3, 0.4) is 0 Å². The summed E-state index contributed by atoms with van der Waals surface area (Å²) in [5.74, 6) is -0.115. The monoisotopic (exact) mass is 278 g/mol. The van der Waals surface area contributed by atoms with E-state index in [0.29, 0.717) is 5.02 Å². The molecule has 4 heteroatoms. The molecule has 0 bridgehead atoms. The maximum atomic E-state index is 13.1. The van der Waals surface area contributed by atoms with Gasteiger partial charge < -0.3 is 5.32 Å². The highest BCUT2D eigenvalue weighted by molar-refractivity contribution is 6.31. The minimum absolute atomic E-state index is 0.0236. The summed E-state index contributed by atoms with van der Waals surface area (Å²) in [4.78, 5) is 4.02. The van der Waals surface area contributed by atoms with E-state index in [1.54, 1.807) is 18.5 Å². The van der Waals surface area contributed by atoms with Crippen LogP contribution in [0.5, 0.6) is 0 Å². The molecule has 1 aromatic heterocycles. The molecule has 100 valence electrons. The number of halogens is 2. The minimum Gasteiger partial charge on any atom is -0.312 e. The molecule has 0 aliphatic carbocycles. The zero-order chi connectivity index (χ0) is 13.8. The Morgan fingerprint density at radius 3 is 2.47 bits per heavy atom. The second-order valence-corrected chi connectivity index (χ2v) is 4.91. The van der Waals surface area contributed by atoms with Crippen LogP contribution in [-0.2, 0) is 0 Å². The molecule has 2 nitrogen and oxygen atoms in total. The van der Waals surface area contributed by atoms with Gasteiger partial charge in [0.15, 0.2) is 0 Å². The number of rotatable bonds is 4. The number of benzene rings is 1. The van der Waals surface area contributed by atoms with Gasteiger partial charge in [0.25, 0.3) is 0 Å². The first-order chi connectivity index (χ1) is 9.13. The highest BCUT2D eigenvalue weighted by atomic mass is 35.5. The Balaban J connectivity index is 2.34. The molecule has 1 heterocycles. The van der Waals surface area contributed by atoms with E-state index >= 15 is 0 Å². The maximum Gasteiger partial charge on any atom is 0.124 e. The molecule has 19 heavy (non-hydrogen) atoms. The third-order valence-electron chi connectivity index (χ3n) is 3.34. The number of likely N-dealkylation sites (N-methyl/N-ethyl adjacent to an activating group) is 1. The fourth-order valence-corrected chi connectivity index (χ4v) is 2.57. The predicted octanol–water partition coefficient (Wildman–Crippen LogP) is 3.94. The third kappa shape index (κ3) is 3.11. The number of hydrogen-bond acceptors (Lipinski definition) is 2. The van der Waals surface area contributed by atoms with Gasteiger partial charge in [0.2, 0.25) is 0 Å². The van der Waals surface area contributed by atoms with E-state index in [1.807, 2.05) is 19.2 Å². The Kier molecular flexibility index (Phi) is 4.51. The van der Waals surface area contributed by atoms with E-state index in [2.05, 4.69) is 17.2 Å². The standard InChI is InChI=1S/C15H16ClFN2/c1-10(11-5-7-19-8-6-11)15(18-2)13-4-3-12(17)9-14(13)16/h3-10,15,18H,1-2H3. The first kappa shape index (κ1) is 14.0. The molecule has 2 rings (SSSR count). The predicted molar refractivity (Wildman–Crippen MR) is 75.9 cm³/mol. The second-order valence-electron chi connectivity index (χ2n) is 4.50. The zero-order valence-corrected chi connectivity index (χ0v) is 11.7. The van der Waals surface area contributed by atoms with E-state index < -0.39 is 0 Å². The van der Waals surface area contributed by atoms with E-state index in [4.69, 9.17) is 11.6 Å². The topological polar surface area (TPSA) is 24.9 Å². The lowest BCUT2D eigenvalue weighted by Gasteiger charge is -2.25. The average molecular weight is 279 g/mol. The van der Waals surface area contributed by atoms with Crippen LogP contribution in [0, 0.1) is 5.82 Å². The van der Waals surface area contributed by atoms with Crippen molar-refractivity contribution in [2.75, 3.05) is 7.05 Å². The van der Waals surface area contributed by atoms with Crippen LogP contribution >= 0.6 is 11.6 Å². The lowest BCUT2D eigenvalue weighted by Crippen LogP contribution is -2.22. The normalized spacial score (nSPS) is 14.1. The number of aromatic nitrogens is 1. The summed E-state index contributed by atoms with van der Waals surface area (Å²) in [6, 6.07) is 8.50. The van der Waals surface area contributed by atoms with Gasteiger partial charge in [0.1, 0.15) is 5.82 Å². The van der Waals surface area contributed by atoms with Crippen LogP contribution in [0.15, 0.2) is 42.7 Å². The number of pyridine rings is 1. The van der Waals surface area contributed by atoms with Crippen molar-refractivity contribution >= 4 is 11.6 Å². The van der Waals surface area contributed by atoms with Gasteiger partial charge in [-0.1, -0.05) is 24.6 Å². The van der Waals surface area contributed by atoms with E-state index in [1.165, 1.54) is 12.1 Å². The van der Waals surface area contributed by atoms with Crippen molar-refractivity contribution in [3.8, 4) is 0 Å². The molecule has 1 aromatic carbocycles. The van der Waals surface area contributed by atoms with Crippen molar-refractivity contribution in [1.82, 2.24) is 10.3 Å². The van der Waals surface area contributed by atoms with Gasteiger partial charge in [-0.25, -0.2) is 4.39 Å². The zero-order valence-electron chi connectivity index (χ0n) is 10.9. The van der Waals surface area contributed by atoms with Crippen molar-refractivity contribution in [1.29, 1.82) is 0 Å². The Bertz CT molecular complexity index is 545. The Labute approximate surface area is 117 Å². The molecule has 0 amide bonds. The van der Waals surface area contributed by atoms with Crippen LogP contribution in [0.2, 0.25) is 5.02 Å². The molecule has 0 spiro atoms. The van der Waals surface area contributed by atoms with Gasteiger partial charge in [-0.3, -0.25) is 4.98 Å². The van der Waals surface area contributed by atoms with E-state index in [0.717, 1.165) is 11.1 Å². The van der Waals surface area contributed by atoms with Crippen LogP contribution in [0.4, 0.5) is 4.39 Å². The summed E-state index contributed by atoms with van der Waals surface area (Å²) >= 11 is 6.14. The van der Waals surface area contributed by atoms with Gasteiger partial charge in [-0.05, 0) is 42.4 Å². The number of hydrogen-bond donors (Lipinski definition) is 1. The number of nitrogens with one attached hydrogen (secondary N) is 1. The average Bonchev–Trinajstić information content (AvgIpc) is 2.42. The smallest absolute Gasteiger partial charge is 0.124 e. The SMILES string of the molecule is CNC(c1ccc(F)cc1Cl)C(C)c1ccncc1. The van der Waals surface area contributed by atoms with Gasteiger partial charge in [-0.2, -0.15) is 0 Å². The molecule has 2 atom stereocenters. The Morgan fingerprint density at radius 2 is 1.89 bits per heavy atom. The largest absolute Gasteiger partial charge is 0.312 e. The summed E-state index contributed by atoms with van der Waals surface area (Å²) in [5, 5.41) is 3.69. The summed E-state index contributed by atoms with van der Waals surface area (Å²) in [6.07, 6.45) is 3.54. The Hall–Kier alpha value is -1.45. The van der Waals surface area contributed by atoms with Crippen LogP contribution in [0.25, 0.3) is 0 Å². The molecule has 0 saturated heterocycles. The van der Waals surface area contributed by atoms with Crippen LogP contribution < -0.4 is 5.32 Å². The van der Waals surface area contributed by atoms with Crippen molar-refractivity contribution in [2.45, 2.75) is 18.9 Å². The quantitative estimate of drug-likeness (QED) is 0.916. The molecule has 0 aliphatic heterocycles. The van der Waals surface area contributed by atoms with Gasteiger partial charge >= 0.3 is 0 Å². The fourth-order valence-electron chi connectivity index (χ4n) is 2.29. The molecule has 2 aromatic rings. The first-order valence-corrected chi connectivity index (χ1v) is 6.53. The fraction of sp³-hybridized carbons (Fsp3) is 0.267. The van der Waals surface area contributed by atoms with Crippen molar-refractivity contribution < 1.29 is 4.39 Å². The summed E-state index contributed by atoms with van der Waals surface area (Å²) in [5.41, 5.74) is 2.06. The molecular formula is C15H16ClFN2. The second kappa shape index (κ2) is 6.13. The highest BCUT2D eigenvalue weighted by Crippen LogP contribution is 2.34. The first-order valence-electron chi connectivity index (χ1n) is 6.15. The van der Waals surface area contributed by atoms with E-state index in [9.17, 15) is 4.39 Å². The summed E-state index contributed by atoms with van der Waals surface area (Å²) in [7, 11) is 1.88. The Morgan fingerprint density at radius 1 is 1.21 bits per heavy atom. The van der Waals surface area contributed by atoms with E-state index in [-0.39, 0.29) is 17.8 Å². The molecule has 0 saturated carbocycles. The van der Waals surface area contributed by atoms with Crippen LogP contribution in [-0.4, -0.2) is 12.0 Å². The molecular weight excluding hydrogens is 263 g/mol. The molecule has 2 unspecified atom stereocenters. The maximum absolute atomic E-state index is 13.1. The molecule has 1 N–H and O–H groups in total.